The van der Waals surface area contributed by atoms with Gasteiger partial charge in [-0.15, -0.1) is 0 Å². The first kappa shape index (κ1) is 17.2. The molecule has 0 unspecified atom stereocenters. The van der Waals surface area contributed by atoms with E-state index in [-0.39, 0.29) is 5.91 Å². The van der Waals surface area contributed by atoms with E-state index in [1.165, 1.54) is 0 Å². The second-order valence-corrected chi connectivity index (χ2v) is 6.26. The van der Waals surface area contributed by atoms with Crippen LogP contribution in [0.2, 0.25) is 0 Å². The third-order valence-corrected chi connectivity index (χ3v) is 3.98. The van der Waals surface area contributed by atoms with Gasteiger partial charge in [-0.05, 0) is 29.7 Å². The van der Waals surface area contributed by atoms with Crippen molar-refractivity contribution in [3.63, 3.8) is 0 Å². The fourth-order valence-electron chi connectivity index (χ4n) is 2.29. The number of hydrogen-bond donors (Lipinski definition) is 2. The topological polar surface area (TPSA) is 72.2 Å². The Morgan fingerprint density at radius 1 is 1.04 bits per heavy atom. The lowest BCUT2D eigenvalue weighted by molar-refractivity contribution is -0.127. The first-order valence-corrected chi connectivity index (χ1v) is 8.21. The highest BCUT2D eigenvalue weighted by atomic mass is 79.9. The lowest BCUT2D eigenvalue weighted by Crippen LogP contribution is -2.45. The van der Waals surface area contributed by atoms with Crippen molar-refractivity contribution in [2.75, 3.05) is 0 Å². The van der Waals surface area contributed by atoms with Crippen LogP contribution in [0.4, 0.5) is 0 Å². The lowest BCUT2D eigenvalue weighted by Gasteiger charge is -2.16. The number of rotatable bonds is 7. The van der Waals surface area contributed by atoms with Crippen LogP contribution in [-0.4, -0.2) is 17.9 Å². The Kier molecular flexibility index (Phi) is 6.35. The summed E-state index contributed by atoms with van der Waals surface area (Å²) in [6.45, 7) is 0. The highest BCUT2D eigenvalue weighted by Crippen LogP contribution is 2.13. The van der Waals surface area contributed by atoms with Gasteiger partial charge in [0.1, 0.15) is 6.04 Å². The van der Waals surface area contributed by atoms with Gasteiger partial charge in [-0.3, -0.25) is 9.59 Å². The SMILES string of the molecule is NC(=O)[C@H](Cc1cccc(Br)c1)NC(=O)CCc1ccccc1. The maximum absolute atomic E-state index is 12.1. The maximum Gasteiger partial charge on any atom is 0.240 e. The molecular weight excluding hydrogens is 356 g/mol. The summed E-state index contributed by atoms with van der Waals surface area (Å²) in [5, 5.41) is 2.73. The van der Waals surface area contributed by atoms with Crippen molar-refractivity contribution >= 4 is 27.7 Å². The molecule has 120 valence electrons. The number of nitrogens with one attached hydrogen (secondary N) is 1. The average Bonchev–Trinajstić information content (AvgIpc) is 2.53. The molecule has 2 rings (SSSR count). The van der Waals surface area contributed by atoms with Gasteiger partial charge in [0.05, 0.1) is 0 Å². The predicted molar refractivity (Wildman–Crippen MR) is 93.7 cm³/mol. The normalized spacial score (nSPS) is 11.7. The van der Waals surface area contributed by atoms with Crippen molar-refractivity contribution in [2.24, 2.45) is 5.73 Å². The van der Waals surface area contributed by atoms with Gasteiger partial charge in [0.2, 0.25) is 11.8 Å². The second kappa shape index (κ2) is 8.48. The van der Waals surface area contributed by atoms with E-state index in [2.05, 4.69) is 21.2 Å². The molecule has 5 heteroatoms. The molecule has 0 fully saturated rings. The summed E-state index contributed by atoms with van der Waals surface area (Å²) in [5.41, 5.74) is 7.44. The largest absolute Gasteiger partial charge is 0.368 e. The van der Waals surface area contributed by atoms with Crippen molar-refractivity contribution in [3.8, 4) is 0 Å². The smallest absolute Gasteiger partial charge is 0.240 e. The van der Waals surface area contributed by atoms with E-state index in [0.29, 0.717) is 19.3 Å². The van der Waals surface area contributed by atoms with E-state index >= 15 is 0 Å². The molecule has 2 aromatic carbocycles. The third kappa shape index (κ3) is 5.87. The molecule has 2 amide bonds. The number of carbonyl (C=O) groups is 2. The lowest BCUT2D eigenvalue weighted by atomic mass is 10.0. The zero-order valence-corrected chi connectivity index (χ0v) is 14.3. The fourth-order valence-corrected chi connectivity index (χ4v) is 2.74. The van der Waals surface area contributed by atoms with Crippen molar-refractivity contribution in [1.82, 2.24) is 5.32 Å². The molecule has 0 spiro atoms. The van der Waals surface area contributed by atoms with Crippen LogP contribution in [0.25, 0.3) is 0 Å². The highest BCUT2D eigenvalue weighted by Gasteiger charge is 2.18. The zero-order chi connectivity index (χ0) is 16.7. The van der Waals surface area contributed by atoms with Crippen LogP contribution in [0.5, 0.6) is 0 Å². The Bertz CT molecular complexity index is 674. The number of carbonyl (C=O) groups excluding carboxylic acids is 2. The van der Waals surface area contributed by atoms with Gasteiger partial charge in [0.25, 0.3) is 0 Å². The molecule has 0 aromatic heterocycles. The number of hydrogen-bond acceptors (Lipinski definition) is 2. The molecule has 0 heterocycles. The van der Waals surface area contributed by atoms with Crippen molar-refractivity contribution < 1.29 is 9.59 Å². The Balaban J connectivity index is 1.91. The van der Waals surface area contributed by atoms with E-state index < -0.39 is 11.9 Å². The van der Waals surface area contributed by atoms with E-state index in [1.54, 1.807) is 0 Å². The van der Waals surface area contributed by atoms with Gasteiger partial charge in [-0.1, -0.05) is 58.4 Å². The second-order valence-electron chi connectivity index (χ2n) is 5.34. The number of primary amides is 1. The molecule has 0 radical (unpaired) electrons. The van der Waals surface area contributed by atoms with Crippen LogP contribution in [-0.2, 0) is 22.4 Å². The third-order valence-electron chi connectivity index (χ3n) is 3.49. The number of benzene rings is 2. The quantitative estimate of drug-likeness (QED) is 0.781. The summed E-state index contributed by atoms with van der Waals surface area (Å²) < 4.78 is 0.925. The molecular formula is C18H19BrN2O2. The Labute approximate surface area is 144 Å². The minimum atomic E-state index is -0.701. The monoisotopic (exact) mass is 374 g/mol. The standard InChI is InChI=1S/C18H19BrN2O2/c19-15-8-4-7-14(11-15)12-16(18(20)23)21-17(22)10-9-13-5-2-1-3-6-13/h1-8,11,16H,9-10,12H2,(H2,20,23)(H,21,22)/t16-/m0/s1. The minimum Gasteiger partial charge on any atom is -0.368 e. The van der Waals surface area contributed by atoms with Crippen LogP contribution in [0.3, 0.4) is 0 Å². The molecule has 0 aliphatic heterocycles. The van der Waals surface area contributed by atoms with Crippen molar-refractivity contribution in [1.29, 1.82) is 0 Å². The van der Waals surface area contributed by atoms with Gasteiger partial charge in [-0.25, -0.2) is 0 Å². The van der Waals surface area contributed by atoms with E-state index in [0.717, 1.165) is 15.6 Å². The minimum absolute atomic E-state index is 0.173. The maximum atomic E-state index is 12.1. The molecule has 4 nitrogen and oxygen atoms in total. The van der Waals surface area contributed by atoms with Gasteiger partial charge >= 0.3 is 0 Å². The molecule has 1 atom stereocenters. The number of nitrogens with two attached hydrogens (primary N) is 1. The van der Waals surface area contributed by atoms with Gasteiger partial charge in [0.15, 0.2) is 0 Å². The molecule has 0 bridgehead atoms. The Morgan fingerprint density at radius 3 is 2.39 bits per heavy atom. The van der Waals surface area contributed by atoms with Crippen LogP contribution in [0.15, 0.2) is 59.1 Å². The number of amides is 2. The summed E-state index contributed by atoms with van der Waals surface area (Å²) in [4.78, 5) is 23.7. The summed E-state index contributed by atoms with van der Waals surface area (Å²) in [7, 11) is 0. The van der Waals surface area contributed by atoms with Gasteiger partial charge in [-0.2, -0.15) is 0 Å². The molecule has 0 saturated carbocycles. The fraction of sp³-hybridized carbons (Fsp3) is 0.222. The zero-order valence-electron chi connectivity index (χ0n) is 12.7. The molecule has 2 aromatic rings. The van der Waals surface area contributed by atoms with Crippen LogP contribution in [0.1, 0.15) is 17.5 Å². The van der Waals surface area contributed by atoms with E-state index in [9.17, 15) is 9.59 Å². The average molecular weight is 375 g/mol. The predicted octanol–water partition coefficient (Wildman–Crippen LogP) is 2.59. The highest BCUT2D eigenvalue weighted by molar-refractivity contribution is 9.10. The molecule has 23 heavy (non-hydrogen) atoms. The number of aryl methyl sites for hydroxylation is 1. The summed E-state index contributed by atoms with van der Waals surface area (Å²) in [5.74, 6) is -0.703. The Morgan fingerprint density at radius 2 is 1.74 bits per heavy atom. The Hall–Kier alpha value is -2.14. The van der Waals surface area contributed by atoms with Gasteiger partial charge in [0, 0.05) is 17.3 Å². The van der Waals surface area contributed by atoms with Crippen LogP contribution >= 0.6 is 15.9 Å². The van der Waals surface area contributed by atoms with Crippen molar-refractivity contribution in [3.05, 3.63) is 70.2 Å². The van der Waals surface area contributed by atoms with Gasteiger partial charge < -0.3 is 11.1 Å². The van der Waals surface area contributed by atoms with Crippen molar-refractivity contribution in [2.45, 2.75) is 25.3 Å². The van der Waals surface area contributed by atoms with Crippen LogP contribution in [0, 0.1) is 0 Å². The first-order chi connectivity index (χ1) is 11.0. The summed E-state index contributed by atoms with van der Waals surface area (Å²) in [6.07, 6.45) is 1.34. The molecule has 0 saturated heterocycles. The summed E-state index contributed by atoms with van der Waals surface area (Å²) >= 11 is 3.39. The van der Waals surface area contributed by atoms with E-state index in [1.807, 2.05) is 54.6 Å². The molecule has 3 N–H and O–H groups in total. The molecule has 0 aliphatic rings. The number of halogens is 1. The summed E-state index contributed by atoms with van der Waals surface area (Å²) in [6, 6.07) is 16.6. The molecule has 0 aliphatic carbocycles. The van der Waals surface area contributed by atoms with Crippen LogP contribution < -0.4 is 11.1 Å². The van der Waals surface area contributed by atoms with E-state index in [4.69, 9.17) is 5.73 Å². The first-order valence-electron chi connectivity index (χ1n) is 7.41.